The zero-order chi connectivity index (χ0) is 39.2. The maximum Gasteiger partial charge on any atom is 0.0440 e. The molecule has 2 nitrogen and oxygen atoms in total. The van der Waals surface area contributed by atoms with Gasteiger partial charge in [0.1, 0.15) is 0 Å². The molecular formula is C47H82N2. The summed E-state index contributed by atoms with van der Waals surface area (Å²) in [4.78, 5) is 4.73. The van der Waals surface area contributed by atoms with Crippen molar-refractivity contribution in [3.8, 4) is 0 Å². The predicted octanol–water partition coefficient (Wildman–Crippen LogP) is 16.5. The molecule has 0 atom stereocenters. The molecule has 0 aromatic heterocycles. The number of nitrogens with zero attached hydrogens (tertiary/aromatic N) is 2. The van der Waals surface area contributed by atoms with E-state index in [1.54, 1.807) is 0 Å². The van der Waals surface area contributed by atoms with Crippen LogP contribution in [0.3, 0.4) is 0 Å². The Morgan fingerprint density at radius 3 is 0.571 bits per heavy atom. The third-order valence-corrected chi connectivity index (χ3v) is 6.26. The van der Waals surface area contributed by atoms with E-state index in [0.717, 1.165) is 13.1 Å². The van der Waals surface area contributed by atoms with Crippen LogP contribution >= 0.6 is 0 Å². The monoisotopic (exact) mass is 675 g/mol. The molecule has 0 fully saturated rings. The van der Waals surface area contributed by atoms with Crippen molar-refractivity contribution in [2.45, 2.75) is 145 Å². The van der Waals surface area contributed by atoms with Crippen LogP contribution in [-0.4, -0.2) is 13.1 Å². The molecule has 2 heteroatoms. The highest BCUT2D eigenvalue weighted by molar-refractivity contribution is 5.69. The van der Waals surface area contributed by atoms with Crippen molar-refractivity contribution in [3.05, 3.63) is 119 Å². The molecule has 4 aromatic rings. The fraction of sp³-hybridized carbons (Fsp3) is 0.489. The summed E-state index contributed by atoms with van der Waals surface area (Å²) in [5.74, 6) is 0. The summed E-state index contributed by atoms with van der Waals surface area (Å²) >= 11 is 0. The van der Waals surface area contributed by atoms with Crippen molar-refractivity contribution in [1.82, 2.24) is 0 Å². The van der Waals surface area contributed by atoms with Crippen molar-refractivity contribution in [2.24, 2.45) is 0 Å². The third-order valence-electron chi connectivity index (χ3n) is 6.26. The third kappa shape index (κ3) is 21.9. The van der Waals surface area contributed by atoms with Gasteiger partial charge >= 0.3 is 0 Å². The molecule has 0 N–H and O–H groups in total. The summed E-state index contributed by atoms with van der Waals surface area (Å²) in [6.07, 6.45) is 1.25. The van der Waals surface area contributed by atoms with E-state index in [0.29, 0.717) is 0 Å². The largest absolute Gasteiger partial charge is 0.341 e. The van der Waals surface area contributed by atoms with Gasteiger partial charge in [-0.25, -0.2) is 0 Å². The molecular weight excluding hydrogens is 593 g/mol. The first-order chi connectivity index (χ1) is 23.9. The Hall–Kier alpha value is -3.52. The zero-order valence-corrected chi connectivity index (χ0v) is 36.3. The van der Waals surface area contributed by atoms with E-state index in [1.165, 1.54) is 51.4 Å². The molecule has 4 rings (SSSR count). The molecule has 0 unspecified atom stereocenters. The molecule has 0 aliphatic heterocycles. The van der Waals surface area contributed by atoms with E-state index >= 15 is 0 Å². The van der Waals surface area contributed by atoms with Crippen molar-refractivity contribution < 1.29 is 0 Å². The molecule has 0 saturated heterocycles. The topological polar surface area (TPSA) is 6.48 Å². The standard InChI is InChI=1S/2C16H19N.C3H8.6C2H6/c2*1-4-17(15-11-7-5-9-13(15)2)16-12-8-6-10-14(16)3;1-3-2;6*1-2/h2*5-12H,4H2,1-3H3;3H2,1-2H3;6*1-2H3. The van der Waals surface area contributed by atoms with Crippen LogP contribution in [0.25, 0.3) is 0 Å². The smallest absolute Gasteiger partial charge is 0.0440 e. The summed E-state index contributed by atoms with van der Waals surface area (Å²) in [5.41, 5.74) is 10.5. The summed E-state index contributed by atoms with van der Waals surface area (Å²) < 4.78 is 0. The Morgan fingerprint density at radius 2 is 0.449 bits per heavy atom. The molecule has 0 aliphatic carbocycles. The van der Waals surface area contributed by atoms with E-state index in [-0.39, 0.29) is 0 Å². The molecule has 0 radical (unpaired) electrons. The first-order valence-electron chi connectivity index (χ1n) is 19.7. The number of benzene rings is 4. The summed E-state index contributed by atoms with van der Waals surface area (Å²) in [6, 6.07) is 34.1. The van der Waals surface area contributed by atoms with Gasteiger partial charge in [-0.05, 0) is 88.1 Å². The number of hydrogen-bond acceptors (Lipinski definition) is 2. The van der Waals surface area contributed by atoms with Gasteiger partial charge in [-0.2, -0.15) is 0 Å². The zero-order valence-electron chi connectivity index (χ0n) is 36.3. The minimum Gasteiger partial charge on any atom is -0.341 e. The van der Waals surface area contributed by atoms with Crippen molar-refractivity contribution in [1.29, 1.82) is 0 Å². The Bertz CT molecular complexity index is 1030. The Balaban J connectivity index is -0.000000190. The van der Waals surface area contributed by atoms with E-state index in [9.17, 15) is 0 Å². The van der Waals surface area contributed by atoms with Gasteiger partial charge in [-0.1, -0.05) is 176 Å². The minimum absolute atomic E-state index is 0.982. The highest BCUT2D eigenvalue weighted by Gasteiger charge is 2.11. The van der Waals surface area contributed by atoms with Gasteiger partial charge in [0.15, 0.2) is 0 Å². The molecule has 280 valence electrons. The molecule has 0 spiro atoms. The fourth-order valence-electron chi connectivity index (χ4n) is 4.41. The Morgan fingerprint density at radius 1 is 0.306 bits per heavy atom. The molecule has 49 heavy (non-hydrogen) atoms. The molecule has 0 aliphatic rings. The lowest BCUT2D eigenvalue weighted by Gasteiger charge is -2.26. The van der Waals surface area contributed by atoms with E-state index in [2.05, 4.69) is 162 Å². The molecule has 0 heterocycles. The normalized spacial score (nSPS) is 8.24. The SMILES string of the molecule is CC.CC.CC.CC.CC.CC.CCC.CCN(c1ccccc1C)c1ccccc1C.CCN(c1ccccc1C)c1ccccc1C. The van der Waals surface area contributed by atoms with Crippen molar-refractivity contribution in [2.75, 3.05) is 22.9 Å². The van der Waals surface area contributed by atoms with Gasteiger partial charge in [-0.3, -0.25) is 0 Å². The van der Waals surface area contributed by atoms with Crippen LogP contribution < -0.4 is 9.80 Å². The number of hydrogen-bond donors (Lipinski definition) is 0. The summed E-state index contributed by atoms with van der Waals surface area (Å²) in [7, 11) is 0. The first-order valence-corrected chi connectivity index (χ1v) is 19.7. The van der Waals surface area contributed by atoms with Crippen LogP contribution in [0.1, 0.15) is 139 Å². The molecule has 0 bridgehead atoms. The second kappa shape index (κ2) is 40.7. The maximum atomic E-state index is 2.37. The van der Waals surface area contributed by atoms with Crippen LogP contribution in [0.4, 0.5) is 22.7 Å². The van der Waals surface area contributed by atoms with Crippen LogP contribution in [-0.2, 0) is 0 Å². The Kier molecular flexibility index (Phi) is 45.6. The van der Waals surface area contributed by atoms with E-state index in [4.69, 9.17) is 0 Å². The van der Waals surface area contributed by atoms with Gasteiger partial charge in [0.25, 0.3) is 0 Å². The van der Waals surface area contributed by atoms with Crippen LogP contribution in [0, 0.1) is 27.7 Å². The van der Waals surface area contributed by atoms with Crippen LogP contribution in [0.2, 0.25) is 0 Å². The minimum atomic E-state index is 0.982. The van der Waals surface area contributed by atoms with Gasteiger partial charge in [0.05, 0.1) is 0 Å². The average Bonchev–Trinajstić information content (AvgIpc) is 3.17. The highest BCUT2D eigenvalue weighted by atomic mass is 15.1. The molecule has 0 saturated carbocycles. The maximum absolute atomic E-state index is 2.37. The number of rotatable bonds is 6. The first kappa shape index (κ1) is 54.9. The van der Waals surface area contributed by atoms with Gasteiger partial charge in [0, 0.05) is 35.8 Å². The summed E-state index contributed by atoms with van der Waals surface area (Å²) in [5, 5.41) is 0. The molecule has 0 amide bonds. The highest BCUT2D eigenvalue weighted by Crippen LogP contribution is 2.31. The van der Waals surface area contributed by atoms with Gasteiger partial charge in [-0.15, -0.1) is 0 Å². The second-order valence-electron chi connectivity index (χ2n) is 9.34. The lowest BCUT2D eigenvalue weighted by molar-refractivity contribution is 1.01. The number of aryl methyl sites for hydroxylation is 4. The fourth-order valence-corrected chi connectivity index (χ4v) is 4.41. The van der Waals surface area contributed by atoms with Gasteiger partial charge in [0.2, 0.25) is 0 Å². The van der Waals surface area contributed by atoms with E-state index < -0.39 is 0 Å². The number of anilines is 4. The number of para-hydroxylation sites is 4. The van der Waals surface area contributed by atoms with Crippen LogP contribution in [0.5, 0.6) is 0 Å². The lowest BCUT2D eigenvalue weighted by Crippen LogP contribution is -2.17. The van der Waals surface area contributed by atoms with Crippen molar-refractivity contribution >= 4 is 22.7 Å². The summed E-state index contributed by atoms with van der Waals surface area (Å²) in [6.45, 7) is 43.3. The lowest BCUT2D eigenvalue weighted by atomic mass is 10.1. The van der Waals surface area contributed by atoms with Crippen LogP contribution in [0.15, 0.2) is 97.1 Å². The van der Waals surface area contributed by atoms with E-state index in [1.807, 2.05) is 83.1 Å². The quantitative estimate of drug-likeness (QED) is 0.201. The van der Waals surface area contributed by atoms with Crippen molar-refractivity contribution in [3.63, 3.8) is 0 Å². The average molecular weight is 675 g/mol. The van der Waals surface area contributed by atoms with Gasteiger partial charge < -0.3 is 9.80 Å². The predicted molar refractivity (Wildman–Crippen MR) is 234 cm³/mol. The second-order valence-corrected chi connectivity index (χ2v) is 9.34. The Labute approximate surface area is 309 Å². The molecule has 4 aromatic carbocycles.